The van der Waals surface area contributed by atoms with Crippen molar-refractivity contribution in [1.29, 1.82) is 0 Å². The number of benzene rings is 1. The van der Waals surface area contributed by atoms with Crippen molar-refractivity contribution in [2.24, 2.45) is 7.05 Å². The van der Waals surface area contributed by atoms with Crippen molar-refractivity contribution in [3.05, 3.63) is 59.5 Å². The van der Waals surface area contributed by atoms with E-state index in [1.807, 2.05) is 24.1 Å². The molecule has 2 aromatic heterocycles. The molecule has 2 aliphatic heterocycles. The van der Waals surface area contributed by atoms with Crippen molar-refractivity contribution in [3.63, 3.8) is 0 Å². The molecule has 1 N–H and O–H groups in total. The van der Waals surface area contributed by atoms with Gasteiger partial charge in [0.2, 0.25) is 0 Å². The van der Waals surface area contributed by atoms with E-state index < -0.39 is 6.04 Å². The molecule has 7 nitrogen and oxygen atoms in total. The number of carbonyl (C=O) groups excluding carboxylic acids is 1. The molecule has 2 aliphatic rings. The lowest BCUT2D eigenvalue weighted by Crippen LogP contribution is -2.66. The van der Waals surface area contributed by atoms with Gasteiger partial charge >= 0.3 is 0 Å². The SMILES string of the molecule is COc1ccc2c3c(n(C)c2c1)[C@@H](CO)N(C(=O)c1ccncc1)CC31CN(C)C1. The van der Waals surface area contributed by atoms with Crippen molar-refractivity contribution in [1.82, 2.24) is 19.4 Å². The Labute approximate surface area is 175 Å². The highest BCUT2D eigenvalue weighted by Crippen LogP contribution is 2.49. The van der Waals surface area contributed by atoms with Crippen LogP contribution in [0.25, 0.3) is 10.9 Å². The Hall–Kier alpha value is -2.90. The number of hydrogen-bond donors (Lipinski definition) is 1. The Morgan fingerprint density at radius 2 is 1.93 bits per heavy atom. The third-order valence-corrected chi connectivity index (χ3v) is 6.65. The number of aromatic nitrogens is 2. The number of ether oxygens (including phenoxy) is 1. The van der Waals surface area contributed by atoms with Gasteiger partial charge in [0.25, 0.3) is 5.91 Å². The highest BCUT2D eigenvalue weighted by Gasteiger charge is 2.53. The lowest BCUT2D eigenvalue weighted by Gasteiger charge is -2.55. The third kappa shape index (κ3) is 2.58. The summed E-state index contributed by atoms with van der Waals surface area (Å²) in [6.45, 7) is 2.21. The second-order valence-corrected chi connectivity index (χ2v) is 8.52. The fraction of sp³-hybridized carbons (Fsp3) is 0.391. The van der Waals surface area contributed by atoms with Crippen LogP contribution in [-0.2, 0) is 12.5 Å². The number of fused-ring (bicyclic) bond motifs is 4. The fourth-order valence-corrected chi connectivity index (χ4v) is 5.48. The van der Waals surface area contributed by atoms with Crippen molar-refractivity contribution in [2.75, 3.05) is 40.4 Å². The Balaban J connectivity index is 1.72. The highest BCUT2D eigenvalue weighted by molar-refractivity contribution is 5.96. The van der Waals surface area contributed by atoms with Crippen LogP contribution in [0.4, 0.5) is 0 Å². The zero-order valence-electron chi connectivity index (χ0n) is 17.5. The summed E-state index contributed by atoms with van der Waals surface area (Å²) in [6.07, 6.45) is 3.26. The van der Waals surface area contributed by atoms with Crippen LogP contribution in [0.3, 0.4) is 0 Å². The van der Waals surface area contributed by atoms with E-state index in [0.717, 1.165) is 30.0 Å². The molecule has 1 fully saturated rings. The molecule has 7 heteroatoms. The number of likely N-dealkylation sites (tertiary alicyclic amines) is 1. The lowest BCUT2D eigenvalue weighted by molar-refractivity contribution is 0.00869. The first-order valence-electron chi connectivity index (χ1n) is 10.2. The maximum Gasteiger partial charge on any atom is 0.254 e. The van der Waals surface area contributed by atoms with Gasteiger partial charge in [-0.05, 0) is 36.9 Å². The van der Waals surface area contributed by atoms with Crippen LogP contribution in [0.5, 0.6) is 5.75 Å². The standard InChI is InChI=1S/C23H26N4O3/c1-25-12-23(13-25)14-27(22(29)15-6-8-24-9-7-15)19(11-28)21-20(23)17-5-4-16(30-3)10-18(17)26(21)2/h4-10,19,28H,11-14H2,1-3H3/t19-/m1/s1. The van der Waals surface area contributed by atoms with Gasteiger partial charge in [-0.25, -0.2) is 0 Å². The maximum atomic E-state index is 13.5. The molecule has 0 saturated carbocycles. The van der Waals surface area contributed by atoms with E-state index in [0.29, 0.717) is 12.1 Å². The summed E-state index contributed by atoms with van der Waals surface area (Å²) < 4.78 is 7.57. The Morgan fingerprint density at radius 1 is 1.20 bits per heavy atom. The minimum atomic E-state index is -0.402. The van der Waals surface area contributed by atoms with E-state index >= 15 is 0 Å². The van der Waals surface area contributed by atoms with Gasteiger partial charge in [-0.3, -0.25) is 9.78 Å². The van der Waals surface area contributed by atoms with Gasteiger partial charge in [-0.2, -0.15) is 0 Å². The predicted octanol–water partition coefficient (Wildman–Crippen LogP) is 1.95. The average Bonchev–Trinajstić information content (AvgIpc) is 3.05. The summed E-state index contributed by atoms with van der Waals surface area (Å²) in [4.78, 5) is 21.6. The van der Waals surface area contributed by atoms with Gasteiger partial charge in [0, 0.05) is 67.2 Å². The minimum Gasteiger partial charge on any atom is -0.497 e. The molecular weight excluding hydrogens is 380 g/mol. The summed E-state index contributed by atoms with van der Waals surface area (Å²) >= 11 is 0. The summed E-state index contributed by atoms with van der Waals surface area (Å²) in [5, 5.41) is 11.6. The molecule has 1 saturated heterocycles. The molecule has 30 heavy (non-hydrogen) atoms. The van der Waals surface area contributed by atoms with Crippen LogP contribution >= 0.6 is 0 Å². The second-order valence-electron chi connectivity index (χ2n) is 8.52. The molecule has 0 aliphatic carbocycles. The molecule has 1 spiro atoms. The Morgan fingerprint density at radius 3 is 2.57 bits per heavy atom. The molecule has 0 bridgehead atoms. The molecule has 1 amide bonds. The van der Waals surface area contributed by atoms with E-state index in [4.69, 9.17) is 4.74 Å². The second kappa shape index (κ2) is 6.82. The number of aliphatic hydroxyl groups is 1. The topological polar surface area (TPSA) is 70.8 Å². The summed E-state index contributed by atoms with van der Waals surface area (Å²) in [5.41, 5.74) is 3.79. The minimum absolute atomic E-state index is 0.0705. The van der Waals surface area contributed by atoms with Crippen molar-refractivity contribution in [2.45, 2.75) is 11.5 Å². The van der Waals surface area contributed by atoms with Gasteiger partial charge < -0.3 is 24.2 Å². The number of amides is 1. The van der Waals surface area contributed by atoms with Crippen molar-refractivity contribution < 1.29 is 14.6 Å². The molecule has 4 heterocycles. The monoisotopic (exact) mass is 406 g/mol. The molecule has 1 atom stereocenters. The summed E-state index contributed by atoms with van der Waals surface area (Å²) in [6, 6.07) is 9.20. The zero-order valence-corrected chi connectivity index (χ0v) is 17.5. The number of hydrogen-bond acceptors (Lipinski definition) is 5. The van der Waals surface area contributed by atoms with E-state index in [1.165, 1.54) is 10.9 Å². The third-order valence-electron chi connectivity index (χ3n) is 6.65. The number of likely N-dealkylation sites (N-methyl/N-ethyl adjacent to an activating group) is 1. The summed E-state index contributed by atoms with van der Waals surface area (Å²) in [7, 11) is 5.78. The fourth-order valence-electron chi connectivity index (χ4n) is 5.48. The van der Waals surface area contributed by atoms with Crippen LogP contribution in [-0.4, -0.2) is 70.8 Å². The number of aliphatic hydroxyl groups excluding tert-OH is 1. The number of aryl methyl sites for hydroxylation is 1. The van der Waals surface area contributed by atoms with Crippen LogP contribution in [0.1, 0.15) is 27.7 Å². The Kier molecular flexibility index (Phi) is 4.34. The Bertz CT molecular complexity index is 1120. The largest absolute Gasteiger partial charge is 0.497 e. The number of rotatable bonds is 3. The predicted molar refractivity (Wildman–Crippen MR) is 114 cm³/mol. The normalized spacial score (nSPS) is 20.3. The molecule has 156 valence electrons. The maximum absolute atomic E-state index is 13.5. The van der Waals surface area contributed by atoms with Crippen LogP contribution < -0.4 is 4.74 Å². The molecule has 0 radical (unpaired) electrons. The molecule has 0 unspecified atom stereocenters. The number of pyridine rings is 1. The van der Waals surface area contributed by atoms with Gasteiger partial charge in [0.15, 0.2) is 0 Å². The number of nitrogens with zero attached hydrogens (tertiary/aromatic N) is 4. The van der Waals surface area contributed by atoms with Gasteiger partial charge in [0.05, 0.1) is 25.3 Å². The van der Waals surface area contributed by atoms with Crippen LogP contribution in [0, 0.1) is 0 Å². The van der Waals surface area contributed by atoms with E-state index in [9.17, 15) is 9.90 Å². The molecular formula is C23H26N4O3. The van der Waals surface area contributed by atoms with E-state index in [1.54, 1.807) is 31.6 Å². The first-order chi connectivity index (χ1) is 14.5. The lowest BCUT2D eigenvalue weighted by atomic mass is 9.69. The van der Waals surface area contributed by atoms with E-state index in [-0.39, 0.29) is 17.9 Å². The smallest absolute Gasteiger partial charge is 0.254 e. The van der Waals surface area contributed by atoms with Crippen molar-refractivity contribution in [3.8, 4) is 5.75 Å². The van der Waals surface area contributed by atoms with Crippen molar-refractivity contribution >= 4 is 16.8 Å². The number of carbonyl (C=O) groups is 1. The highest BCUT2D eigenvalue weighted by atomic mass is 16.5. The van der Waals surface area contributed by atoms with Gasteiger partial charge in [-0.15, -0.1) is 0 Å². The molecule has 3 aromatic rings. The zero-order chi connectivity index (χ0) is 21.0. The quantitative estimate of drug-likeness (QED) is 0.720. The molecule has 5 rings (SSSR count). The van der Waals surface area contributed by atoms with E-state index in [2.05, 4.69) is 27.6 Å². The van der Waals surface area contributed by atoms with Gasteiger partial charge in [-0.1, -0.05) is 0 Å². The van der Waals surface area contributed by atoms with Crippen LogP contribution in [0.2, 0.25) is 0 Å². The number of methoxy groups -OCH3 is 1. The molecule has 1 aromatic carbocycles. The average molecular weight is 406 g/mol. The van der Waals surface area contributed by atoms with Gasteiger partial charge in [0.1, 0.15) is 5.75 Å². The first kappa shape index (κ1) is 19.1. The first-order valence-corrected chi connectivity index (χ1v) is 10.2. The van der Waals surface area contributed by atoms with Crippen LogP contribution in [0.15, 0.2) is 42.7 Å². The summed E-state index contributed by atoms with van der Waals surface area (Å²) in [5.74, 6) is 0.726.